The van der Waals surface area contributed by atoms with E-state index in [4.69, 9.17) is 0 Å². The van der Waals surface area contributed by atoms with Crippen molar-refractivity contribution in [1.29, 1.82) is 0 Å². The molecule has 15 heavy (non-hydrogen) atoms. The minimum atomic E-state index is 0.135. The number of nitrogens with zero attached hydrogens (tertiary/aromatic N) is 2. The first-order valence-corrected chi connectivity index (χ1v) is 5.72. The molecule has 0 spiro atoms. The van der Waals surface area contributed by atoms with E-state index in [1.54, 1.807) is 0 Å². The van der Waals surface area contributed by atoms with E-state index in [0.717, 1.165) is 18.8 Å². The van der Waals surface area contributed by atoms with E-state index in [2.05, 4.69) is 18.2 Å². The SMILES string of the molecule is Cn1cc(CCC(C)(CO)C2CC2)cn1. The Hall–Kier alpha value is -0.830. The van der Waals surface area contributed by atoms with Crippen molar-refractivity contribution in [1.82, 2.24) is 9.78 Å². The predicted molar refractivity (Wildman–Crippen MR) is 59.4 cm³/mol. The predicted octanol–water partition coefficient (Wildman–Crippen LogP) is 1.76. The number of hydrogen-bond donors (Lipinski definition) is 1. The first kappa shape index (κ1) is 10.7. The Kier molecular flexibility index (Phi) is 2.83. The monoisotopic (exact) mass is 208 g/mol. The van der Waals surface area contributed by atoms with Crippen LogP contribution in [0.15, 0.2) is 12.4 Å². The largest absolute Gasteiger partial charge is 0.396 e. The fourth-order valence-electron chi connectivity index (χ4n) is 2.22. The van der Waals surface area contributed by atoms with Crippen molar-refractivity contribution < 1.29 is 5.11 Å². The maximum absolute atomic E-state index is 9.46. The van der Waals surface area contributed by atoms with Gasteiger partial charge in [-0.2, -0.15) is 5.10 Å². The summed E-state index contributed by atoms with van der Waals surface area (Å²) in [6, 6.07) is 0. The van der Waals surface area contributed by atoms with Crippen LogP contribution in [0.1, 0.15) is 31.7 Å². The molecule has 0 radical (unpaired) electrons. The minimum Gasteiger partial charge on any atom is -0.396 e. The molecule has 1 fully saturated rings. The van der Waals surface area contributed by atoms with Gasteiger partial charge in [0.1, 0.15) is 0 Å². The molecule has 1 aliphatic carbocycles. The van der Waals surface area contributed by atoms with Crippen LogP contribution in [0.4, 0.5) is 0 Å². The topological polar surface area (TPSA) is 38.0 Å². The maximum Gasteiger partial charge on any atom is 0.0521 e. The van der Waals surface area contributed by atoms with Gasteiger partial charge in [0.15, 0.2) is 0 Å². The number of hydrogen-bond acceptors (Lipinski definition) is 2. The Morgan fingerprint density at radius 2 is 2.33 bits per heavy atom. The summed E-state index contributed by atoms with van der Waals surface area (Å²) in [4.78, 5) is 0. The van der Waals surface area contributed by atoms with Gasteiger partial charge >= 0.3 is 0 Å². The van der Waals surface area contributed by atoms with Gasteiger partial charge in [0.05, 0.1) is 6.20 Å². The highest BCUT2D eigenvalue weighted by molar-refractivity contribution is 5.05. The maximum atomic E-state index is 9.46. The Labute approximate surface area is 91.1 Å². The van der Waals surface area contributed by atoms with E-state index < -0.39 is 0 Å². The zero-order valence-corrected chi connectivity index (χ0v) is 9.61. The molecule has 1 heterocycles. The third kappa shape index (κ3) is 2.40. The minimum absolute atomic E-state index is 0.135. The molecule has 1 unspecified atom stereocenters. The summed E-state index contributed by atoms with van der Waals surface area (Å²) < 4.78 is 1.84. The third-order valence-electron chi connectivity index (χ3n) is 3.67. The van der Waals surface area contributed by atoms with Crippen LogP contribution in [0.2, 0.25) is 0 Å². The fraction of sp³-hybridized carbons (Fsp3) is 0.750. The molecular weight excluding hydrogens is 188 g/mol. The van der Waals surface area contributed by atoms with Crippen LogP contribution in [-0.2, 0) is 13.5 Å². The molecular formula is C12H20N2O. The quantitative estimate of drug-likeness (QED) is 0.800. The van der Waals surface area contributed by atoms with Crippen LogP contribution >= 0.6 is 0 Å². The highest BCUT2D eigenvalue weighted by atomic mass is 16.3. The lowest BCUT2D eigenvalue weighted by Crippen LogP contribution is -2.24. The van der Waals surface area contributed by atoms with E-state index in [-0.39, 0.29) is 5.41 Å². The molecule has 1 N–H and O–H groups in total. The second-order valence-corrected chi connectivity index (χ2v) is 5.11. The van der Waals surface area contributed by atoms with E-state index >= 15 is 0 Å². The summed E-state index contributed by atoms with van der Waals surface area (Å²) in [5.74, 6) is 0.749. The van der Waals surface area contributed by atoms with Crippen LogP contribution in [0.5, 0.6) is 0 Å². The fourth-order valence-corrected chi connectivity index (χ4v) is 2.22. The van der Waals surface area contributed by atoms with Gasteiger partial charge in [0.25, 0.3) is 0 Å². The van der Waals surface area contributed by atoms with Crippen LogP contribution in [0.25, 0.3) is 0 Å². The van der Waals surface area contributed by atoms with Gasteiger partial charge in [-0.1, -0.05) is 6.92 Å². The van der Waals surface area contributed by atoms with Gasteiger partial charge in [0, 0.05) is 19.9 Å². The first-order valence-electron chi connectivity index (χ1n) is 5.72. The lowest BCUT2D eigenvalue weighted by molar-refractivity contribution is 0.110. The lowest BCUT2D eigenvalue weighted by atomic mass is 9.80. The molecule has 1 aliphatic rings. The highest BCUT2D eigenvalue weighted by Gasteiger charge is 2.40. The van der Waals surface area contributed by atoms with Gasteiger partial charge in [-0.25, -0.2) is 0 Å². The lowest BCUT2D eigenvalue weighted by Gasteiger charge is -2.26. The van der Waals surface area contributed by atoms with Crippen molar-refractivity contribution in [3.63, 3.8) is 0 Å². The van der Waals surface area contributed by atoms with Gasteiger partial charge in [-0.3, -0.25) is 4.68 Å². The molecule has 0 aromatic carbocycles. The molecule has 0 aliphatic heterocycles. The van der Waals surface area contributed by atoms with Crippen molar-refractivity contribution in [3.05, 3.63) is 18.0 Å². The molecule has 3 heteroatoms. The van der Waals surface area contributed by atoms with Gasteiger partial charge in [-0.15, -0.1) is 0 Å². The van der Waals surface area contributed by atoms with Crippen LogP contribution in [-0.4, -0.2) is 21.5 Å². The average Bonchev–Trinajstić information content (AvgIpc) is 3.00. The van der Waals surface area contributed by atoms with Crippen molar-refractivity contribution in [3.8, 4) is 0 Å². The number of aliphatic hydroxyl groups excluding tert-OH is 1. The van der Waals surface area contributed by atoms with E-state index in [1.165, 1.54) is 18.4 Å². The van der Waals surface area contributed by atoms with Crippen LogP contribution < -0.4 is 0 Å². The molecule has 2 rings (SSSR count). The first-order chi connectivity index (χ1) is 7.14. The van der Waals surface area contributed by atoms with Gasteiger partial charge in [0.2, 0.25) is 0 Å². The summed E-state index contributed by atoms with van der Waals surface area (Å²) in [6.07, 6.45) is 8.67. The second-order valence-electron chi connectivity index (χ2n) is 5.11. The van der Waals surface area contributed by atoms with Crippen molar-refractivity contribution in [2.75, 3.05) is 6.61 Å². The summed E-state index contributed by atoms with van der Waals surface area (Å²) in [5, 5.41) is 13.6. The Balaban J connectivity index is 1.91. The molecule has 1 aromatic heterocycles. The standard InChI is InChI=1S/C12H20N2O/c1-12(9-15,11-3-4-11)6-5-10-7-13-14(2)8-10/h7-8,11,15H,3-6,9H2,1-2H3. The highest BCUT2D eigenvalue weighted by Crippen LogP contribution is 2.47. The molecule has 3 nitrogen and oxygen atoms in total. The Bertz CT molecular complexity index is 330. The van der Waals surface area contributed by atoms with Gasteiger partial charge < -0.3 is 5.11 Å². The van der Waals surface area contributed by atoms with Crippen molar-refractivity contribution in [2.45, 2.75) is 32.6 Å². The van der Waals surface area contributed by atoms with Crippen LogP contribution in [0.3, 0.4) is 0 Å². The molecule has 0 amide bonds. The summed E-state index contributed by atoms with van der Waals surface area (Å²) in [7, 11) is 1.94. The molecule has 84 valence electrons. The number of aromatic nitrogens is 2. The van der Waals surface area contributed by atoms with Gasteiger partial charge in [-0.05, 0) is 42.6 Å². The molecule has 0 saturated heterocycles. The van der Waals surface area contributed by atoms with Crippen LogP contribution in [0, 0.1) is 11.3 Å². The normalized spacial score (nSPS) is 20.2. The number of rotatable bonds is 5. The molecule has 0 bridgehead atoms. The van der Waals surface area contributed by atoms with E-state index in [0.29, 0.717) is 6.61 Å². The number of aryl methyl sites for hydroxylation is 2. The third-order valence-corrected chi connectivity index (χ3v) is 3.67. The summed E-state index contributed by atoms with van der Waals surface area (Å²) >= 11 is 0. The molecule has 1 saturated carbocycles. The van der Waals surface area contributed by atoms with Crippen molar-refractivity contribution >= 4 is 0 Å². The summed E-state index contributed by atoms with van der Waals surface area (Å²) in [6.45, 7) is 2.53. The average molecular weight is 208 g/mol. The molecule has 1 aromatic rings. The Morgan fingerprint density at radius 3 is 2.80 bits per heavy atom. The smallest absolute Gasteiger partial charge is 0.0521 e. The van der Waals surface area contributed by atoms with Crippen molar-refractivity contribution in [2.24, 2.45) is 18.4 Å². The van der Waals surface area contributed by atoms with E-state index in [9.17, 15) is 5.11 Å². The molecule has 1 atom stereocenters. The zero-order valence-electron chi connectivity index (χ0n) is 9.61. The number of aliphatic hydroxyl groups is 1. The van der Waals surface area contributed by atoms with E-state index in [1.807, 2.05) is 17.9 Å². The Morgan fingerprint density at radius 1 is 1.60 bits per heavy atom. The summed E-state index contributed by atoms with van der Waals surface area (Å²) in [5.41, 5.74) is 1.41. The zero-order chi connectivity index (χ0) is 10.9. The second kappa shape index (κ2) is 3.97.